The molecule has 0 heterocycles. The minimum atomic E-state index is 0.491. The normalized spacial score (nSPS) is 11.3. The quantitative estimate of drug-likeness (QED) is 0.287. The molecular weight excluding hydrogens is 176 g/mol. The molecule has 0 amide bonds. The molecule has 0 aliphatic heterocycles. The molecule has 0 N–H and O–H groups in total. The molecular formula is C11H18N2O. The minimum absolute atomic E-state index is 0.491. The van der Waals surface area contributed by atoms with E-state index in [1.54, 1.807) is 11.9 Å². The van der Waals surface area contributed by atoms with Crippen molar-refractivity contribution in [3.63, 3.8) is 0 Å². The van der Waals surface area contributed by atoms with Gasteiger partial charge in [-0.1, -0.05) is 12.0 Å². The van der Waals surface area contributed by atoms with Gasteiger partial charge in [0.25, 0.3) is 0 Å². The first-order valence-corrected chi connectivity index (χ1v) is 4.53. The second kappa shape index (κ2) is 8.33. The van der Waals surface area contributed by atoms with Crippen molar-refractivity contribution >= 4 is 5.71 Å². The average Bonchev–Trinajstić information content (AvgIpc) is 2.10. The van der Waals surface area contributed by atoms with Crippen molar-refractivity contribution in [2.45, 2.75) is 13.8 Å². The zero-order valence-corrected chi connectivity index (χ0v) is 9.37. The number of hydrogen-bond acceptors (Lipinski definition) is 3. The number of rotatable bonds is 5. The monoisotopic (exact) mass is 194 g/mol. The summed E-state index contributed by atoms with van der Waals surface area (Å²) in [6, 6.07) is 0. The Morgan fingerprint density at radius 3 is 2.79 bits per heavy atom. The Hall–Kier alpha value is -1.27. The lowest BCUT2D eigenvalue weighted by Crippen LogP contribution is -2.04. The van der Waals surface area contributed by atoms with Crippen LogP contribution in [0.25, 0.3) is 0 Å². The molecule has 3 nitrogen and oxygen atoms in total. The molecule has 0 unspecified atom stereocenters. The smallest absolute Gasteiger partial charge is 0.108 e. The molecule has 0 fully saturated rings. The predicted molar refractivity (Wildman–Crippen MR) is 60.2 cm³/mol. The van der Waals surface area contributed by atoms with Crippen LogP contribution in [-0.4, -0.2) is 38.0 Å². The molecule has 0 atom stereocenters. The van der Waals surface area contributed by atoms with E-state index in [-0.39, 0.29) is 0 Å². The molecule has 0 aliphatic carbocycles. The van der Waals surface area contributed by atoms with Gasteiger partial charge in [-0.15, -0.1) is 5.92 Å². The Kier molecular flexibility index (Phi) is 7.58. The van der Waals surface area contributed by atoms with Gasteiger partial charge >= 0.3 is 0 Å². The third-order valence-corrected chi connectivity index (χ3v) is 1.28. The van der Waals surface area contributed by atoms with Gasteiger partial charge in [-0.05, 0) is 19.9 Å². The van der Waals surface area contributed by atoms with E-state index < -0.39 is 0 Å². The Labute approximate surface area is 86.4 Å². The van der Waals surface area contributed by atoms with Gasteiger partial charge < -0.3 is 9.75 Å². The van der Waals surface area contributed by atoms with Gasteiger partial charge in [-0.25, -0.2) is 0 Å². The Balaban J connectivity index is 3.65. The Bertz CT molecular complexity index is 256. The van der Waals surface area contributed by atoms with Crippen LogP contribution in [0.4, 0.5) is 0 Å². The largest absolute Gasteiger partial charge is 0.365 e. The van der Waals surface area contributed by atoms with Crippen LogP contribution in [0.5, 0.6) is 0 Å². The first kappa shape index (κ1) is 12.7. The Morgan fingerprint density at radius 1 is 1.50 bits per heavy atom. The highest BCUT2D eigenvalue weighted by Gasteiger charge is 1.84. The summed E-state index contributed by atoms with van der Waals surface area (Å²) < 4.78 is 5.20. The van der Waals surface area contributed by atoms with Crippen molar-refractivity contribution in [2.24, 2.45) is 5.10 Å². The number of hydrogen-bond donors (Lipinski definition) is 0. The summed E-state index contributed by atoms with van der Waals surface area (Å²) in [6.07, 6.45) is 3.86. The molecule has 3 heteroatoms. The second-order valence-electron chi connectivity index (χ2n) is 2.93. The summed E-state index contributed by atoms with van der Waals surface area (Å²) in [4.78, 5) is 0. The number of nitrogens with zero attached hydrogens (tertiary/aromatic N) is 2. The molecule has 0 aromatic rings. The van der Waals surface area contributed by atoms with E-state index in [1.165, 1.54) is 0 Å². The van der Waals surface area contributed by atoms with Gasteiger partial charge in [0.05, 0.1) is 12.3 Å². The molecule has 0 aromatic heterocycles. The molecule has 0 saturated carbocycles. The maximum absolute atomic E-state index is 5.20. The molecule has 0 spiro atoms. The minimum Gasteiger partial charge on any atom is -0.365 e. The second-order valence-corrected chi connectivity index (χ2v) is 2.93. The molecule has 0 saturated heterocycles. The van der Waals surface area contributed by atoms with Crippen LogP contribution in [0.3, 0.4) is 0 Å². The highest BCUT2D eigenvalue weighted by Crippen LogP contribution is 1.85. The molecule has 0 aromatic carbocycles. The molecule has 0 radical (unpaired) electrons. The topological polar surface area (TPSA) is 24.8 Å². The van der Waals surface area contributed by atoms with Crippen LogP contribution in [0.2, 0.25) is 0 Å². The van der Waals surface area contributed by atoms with Crippen molar-refractivity contribution < 1.29 is 4.74 Å². The van der Waals surface area contributed by atoms with E-state index in [1.807, 2.05) is 33.2 Å². The third-order valence-electron chi connectivity index (χ3n) is 1.28. The molecule has 78 valence electrons. The summed E-state index contributed by atoms with van der Waals surface area (Å²) in [5, 5.41) is 5.96. The molecule has 0 aliphatic rings. The number of hydrazone groups is 1. The summed E-state index contributed by atoms with van der Waals surface area (Å²) in [6.45, 7) is 4.81. The number of ether oxygens (including phenoxy) is 1. The standard InChI is InChI=1S/C11H18N2O/c1-5-6-9-14-10-7-8-11(2)12-13(3)4/h7-8H,9-10H2,1-4H3/b8-7+,12-11+. The van der Waals surface area contributed by atoms with Gasteiger partial charge in [0.15, 0.2) is 0 Å². The maximum atomic E-state index is 5.20. The fourth-order valence-electron chi connectivity index (χ4n) is 0.818. The van der Waals surface area contributed by atoms with Gasteiger partial charge in [-0.2, -0.15) is 5.10 Å². The molecule has 14 heavy (non-hydrogen) atoms. The van der Waals surface area contributed by atoms with Crippen molar-refractivity contribution in [1.29, 1.82) is 0 Å². The zero-order valence-electron chi connectivity index (χ0n) is 9.37. The first-order valence-electron chi connectivity index (χ1n) is 4.53. The lowest BCUT2D eigenvalue weighted by molar-refractivity contribution is 0.199. The van der Waals surface area contributed by atoms with Crippen LogP contribution in [-0.2, 0) is 4.74 Å². The molecule has 0 bridgehead atoms. The van der Waals surface area contributed by atoms with Gasteiger partial charge in [-0.3, -0.25) is 0 Å². The lowest BCUT2D eigenvalue weighted by Gasteiger charge is -2.03. The van der Waals surface area contributed by atoms with Crippen molar-refractivity contribution in [3.8, 4) is 11.8 Å². The molecule has 0 rings (SSSR count). The van der Waals surface area contributed by atoms with Gasteiger partial charge in [0.1, 0.15) is 6.61 Å². The first-order chi connectivity index (χ1) is 6.66. The summed E-state index contributed by atoms with van der Waals surface area (Å²) in [5.41, 5.74) is 0.958. The van der Waals surface area contributed by atoms with Crippen molar-refractivity contribution in [2.75, 3.05) is 27.3 Å². The Morgan fingerprint density at radius 2 is 2.21 bits per heavy atom. The third kappa shape index (κ3) is 8.82. The summed E-state index contributed by atoms with van der Waals surface area (Å²) >= 11 is 0. The summed E-state index contributed by atoms with van der Waals surface area (Å²) in [7, 11) is 3.79. The fourth-order valence-corrected chi connectivity index (χ4v) is 0.818. The van der Waals surface area contributed by atoms with E-state index in [0.717, 1.165) is 5.71 Å². The van der Waals surface area contributed by atoms with E-state index in [0.29, 0.717) is 13.2 Å². The van der Waals surface area contributed by atoms with Crippen LogP contribution in [0, 0.1) is 11.8 Å². The lowest BCUT2D eigenvalue weighted by atomic mass is 10.4. The van der Waals surface area contributed by atoms with E-state index in [2.05, 4.69) is 16.9 Å². The van der Waals surface area contributed by atoms with Gasteiger partial charge in [0, 0.05) is 14.1 Å². The van der Waals surface area contributed by atoms with Crippen LogP contribution < -0.4 is 0 Å². The average molecular weight is 194 g/mol. The fraction of sp³-hybridized carbons (Fsp3) is 0.545. The van der Waals surface area contributed by atoms with Gasteiger partial charge in [0.2, 0.25) is 0 Å². The van der Waals surface area contributed by atoms with Crippen LogP contribution in [0.15, 0.2) is 17.3 Å². The van der Waals surface area contributed by atoms with Crippen LogP contribution in [0.1, 0.15) is 13.8 Å². The predicted octanol–water partition coefficient (Wildman–Crippen LogP) is 1.52. The maximum Gasteiger partial charge on any atom is 0.108 e. The van der Waals surface area contributed by atoms with E-state index >= 15 is 0 Å². The zero-order chi connectivity index (χ0) is 10.8. The highest BCUT2D eigenvalue weighted by atomic mass is 16.5. The number of allylic oxidation sites excluding steroid dienone is 1. The van der Waals surface area contributed by atoms with Crippen molar-refractivity contribution in [1.82, 2.24) is 5.01 Å². The van der Waals surface area contributed by atoms with E-state index in [4.69, 9.17) is 4.74 Å². The van der Waals surface area contributed by atoms with Crippen molar-refractivity contribution in [3.05, 3.63) is 12.2 Å². The van der Waals surface area contributed by atoms with Crippen LogP contribution >= 0.6 is 0 Å². The SMILES string of the molecule is CC#CCOC/C=C/C(C)=N/N(C)C. The highest BCUT2D eigenvalue weighted by molar-refractivity contribution is 5.92. The van der Waals surface area contributed by atoms with E-state index in [9.17, 15) is 0 Å². The summed E-state index contributed by atoms with van der Waals surface area (Å²) in [5.74, 6) is 5.59.